The predicted molar refractivity (Wildman–Crippen MR) is 47.0 cm³/mol. The molecular formula is C6H11IO2. The summed E-state index contributed by atoms with van der Waals surface area (Å²) in [5.74, 6) is -0.935. The van der Waals surface area contributed by atoms with Crippen LogP contribution in [0, 0.1) is 0 Å². The molecule has 3 heteroatoms. The first-order valence-electron chi connectivity index (χ1n) is 2.51. The predicted octanol–water partition coefficient (Wildman–Crippen LogP) is 2.09. The average molecular weight is 242 g/mol. The molecule has 0 aromatic carbocycles. The van der Waals surface area contributed by atoms with Crippen LogP contribution in [0.5, 0.6) is 0 Å². The standard InChI is InChI=1S/C4H6O2.C2H5I/c1-3(2)4(5)6;1-2-3/h1H2,2H3,(H,5,6);2H2,1H3. The Kier molecular flexibility index (Phi) is 10.3. The fourth-order valence-corrected chi connectivity index (χ4v) is 0. The third-order valence-corrected chi connectivity index (χ3v) is 0.365. The molecule has 0 bridgehead atoms. The Morgan fingerprint density at radius 2 is 1.89 bits per heavy atom. The third-order valence-electron chi connectivity index (χ3n) is 0.365. The lowest BCUT2D eigenvalue weighted by Crippen LogP contribution is -1.92. The first-order valence-corrected chi connectivity index (χ1v) is 4.03. The molecule has 0 aromatic heterocycles. The van der Waals surface area contributed by atoms with Crippen molar-refractivity contribution in [3.05, 3.63) is 12.2 Å². The Hall–Kier alpha value is -0.0600. The highest BCUT2D eigenvalue weighted by molar-refractivity contribution is 14.1. The van der Waals surface area contributed by atoms with Crippen molar-refractivity contribution < 1.29 is 9.90 Å². The fraction of sp³-hybridized carbons (Fsp3) is 0.500. The van der Waals surface area contributed by atoms with E-state index in [1.807, 2.05) is 0 Å². The van der Waals surface area contributed by atoms with Gasteiger partial charge in [0, 0.05) is 5.57 Å². The topological polar surface area (TPSA) is 37.3 Å². The molecule has 54 valence electrons. The van der Waals surface area contributed by atoms with E-state index in [0.717, 1.165) is 0 Å². The molecule has 0 atom stereocenters. The van der Waals surface area contributed by atoms with Crippen molar-refractivity contribution >= 4 is 28.6 Å². The summed E-state index contributed by atoms with van der Waals surface area (Å²) in [4.78, 5) is 9.60. The highest BCUT2D eigenvalue weighted by Gasteiger charge is 1.90. The highest BCUT2D eigenvalue weighted by Crippen LogP contribution is 1.81. The van der Waals surface area contributed by atoms with Crippen molar-refractivity contribution in [2.24, 2.45) is 0 Å². The van der Waals surface area contributed by atoms with Crippen LogP contribution in [-0.4, -0.2) is 15.5 Å². The molecule has 0 fully saturated rings. The van der Waals surface area contributed by atoms with E-state index < -0.39 is 5.97 Å². The first-order chi connectivity index (χ1) is 4.06. The number of rotatable bonds is 1. The van der Waals surface area contributed by atoms with Crippen LogP contribution in [0.1, 0.15) is 13.8 Å². The number of hydrogen-bond acceptors (Lipinski definition) is 1. The van der Waals surface area contributed by atoms with Gasteiger partial charge in [-0.1, -0.05) is 36.1 Å². The number of aliphatic carboxylic acids is 1. The van der Waals surface area contributed by atoms with E-state index in [1.54, 1.807) is 0 Å². The van der Waals surface area contributed by atoms with Gasteiger partial charge < -0.3 is 5.11 Å². The Labute approximate surface area is 69.1 Å². The lowest BCUT2D eigenvalue weighted by molar-refractivity contribution is -0.132. The van der Waals surface area contributed by atoms with Gasteiger partial charge in [-0.05, 0) is 11.4 Å². The highest BCUT2D eigenvalue weighted by atomic mass is 127. The molecule has 0 saturated heterocycles. The van der Waals surface area contributed by atoms with Crippen molar-refractivity contribution in [1.82, 2.24) is 0 Å². The molecule has 9 heavy (non-hydrogen) atoms. The zero-order valence-electron chi connectivity index (χ0n) is 5.65. The summed E-state index contributed by atoms with van der Waals surface area (Å²) < 4.78 is 1.22. The van der Waals surface area contributed by atoms with Crippen LogP contribution in [0.2, 0.25) is 0 Å². The number of carbonyl (C=O) groups is 1. The maximum absolute atomic E-state index is 9.60. The van der Waals surface area contributed by atoms with E-state index in [-0.39, 0.29) is 5.57 Å². The minimum absolute atomic E-state index is 0.176. The van der Waals surface area contributed by atoms with Crippen LogP contribution in [0.15, 0.2) is 12.2 Å². The van der Waals surface area contributed by atoms with Crippen LogP contribution in [-0.2, 0) is 4.79 Å². The summed E-state index contributed by atoms with van der Waals surface area (Å²) in [5, 5.41) is 7.89. The average Bonchev–Trinajstić information content (AvgIpc) is 1.68. The lowest BCUT2D eigenvalue weighted by Gasteiger charge is -1.79. The van der Waals surface area contributed by atoms with E-state index in [2.05, 4.69) is 36.1 Å². The maximum Gasteiger partial charge on any atom is 0.330 e. The molecule has 0 heterocycles. The summed E-state index contributed by atoms with van der Waals surface area (Å²) in [6, 6.07) is 0. The van der Waals surface area contributed by atoms with Gasteiger partial charge in [0.05, 0.1) is 0 Å². The van der Waals surface area contributed by atoms with Crippen LogP contribution in [0.4, 0.5) is 0 Å². The van der Waals surface area contributed by atoms with Crippen LogP contribution >= 0.6 is 22.6 Å². The second kappa shape index (κ2) is 7.94. The molecule has 0 aromatic rings. The minimum atomic E-state index is -0.935. The first kappa shape index (κ1) is 11.7. The van der Waals surface area contributed by atoms with Gasteiger partial charge in [-0.2, -0.15) is 0 Å². The van der Waals surface area contributed by atoms with Gasteiger partial charge in [0.15, 0.2) is 0 Å². The number of alkyl halides is 1. The molecule has 0 unspecified atom stereocenters. The van der Waals surface area contributed by atoms with Crippen LogP contribution < -0.4 is 0 Å². The summed E-state index contributed by atoms with van der Waals surface area (Å²) >= 11 is 2.29. The van der Waals surface area contributed by atoms with Crippen molar-refractivity contribution in [2.75, 3.05) is 4.43 Å². The van der Waals surface area contributed by atoms with Crippen LogP contribution in [0.3, 0.4) is 0 Å². The Balaban J connectivity index is 0. The number of hydrogen-bond donors (Lipinski definition) is 1. The lowest BCUT2D eigenvalue weighted by atomic mass is 10.4. The number of carboxylic acid groups (broad SMARTS) is 1. The SMILES string of the molecule is C=C(C)C(=O)O.CCI. The summed E-state index contributed by atoms with van der Waals surface area (Å²) in [5.41, 5.74) is 0.176. The monoisotopic (exact) mass is 242 g/mol. The molecule has 0 rings (SSSR count). The third kappa shape index (κ3) is 18.0. The van der Waals surface area contributed by atoms with E-state index in [9.17, 15) is 4.79 Å². The minimum Gasteiger partial charge on any atom is -0.478 e. The summed E-state index contributed by atoms with van der Waals surface area (Å²) in [7, 11) is 0. The molecule has 0 aliphatic heterocycles. The molecular weight excluding hydrogens is 231 g/mol. The van der Waals surface area contributed by atoms with Crippen molar-refractivity contribution in [3.8, 4) is 0 Å². The molecule has 0 amide bonds. The summed E-state index contributed by atoms with van der Waals surface area (Å²) in [6.07, 6.45) is 0. The largest absolute Gasteiger partial charge is 0.478 e. The van der Waals surface area contributed by atoms with Gasteiger partial charge in [-0.3, -0.25) is 0 Å². The van der Waals surface area contributed by atoms with E-state index in [4.69, 9.17) is 5.11 Å². The van der Waals surface area contributed by atoms with Gasteiger partial charge in [-0.25, -0.2) is 4.79 Å². The molecule has 0 aliphatic carbocycles. The molecule has 0 spiro atoms. The number of carboxylic acids is 1. The Morgan fingerprint density at radius 1 is 1.78 bits per heavy atom. The van der Waals surface area contributed by atoms with Crippen molar-refractivity contribution in [2.45, 2.75) is 13.8 Å². The van der Waals surface area contributed by atoms with Crippen molar-refractivity contribution in [3.63, 3.8) is 0 Å². The van der Waals surface area contributed by atoms with Crippen molar-refractivity contribution in [1.29, 1.82) is 0 Å². The summed E-state index contributed by atoms with van der Waals surface area (Å²) in [6.45, 7) is 6.71. The van der Waals surface area contributed by atoms with Gasteiger partial charge in [0.1, 0.15) is 0 Å². The quantitative estimate of drug-likeness (QED) is 0.434. The number of halogens is 1. The second-order valence-corrected chi connectivity index (χ2v) is 2.88. The molecule has 2 nitrogen and oxygen atoms in total. The normalized spacial score (nSPS) is 7.00. The molecule has 1 N–H and O–H groups in total. The second-order valence-electron chi connectivity index (χ2n) is 1.35. The fourth-order valence-electron chi connectivity index (χ4n) is 0. The van der Waals surface area contributed by atoms with E-state index in [1.165, 1.54) is 11.4 Å². The molecule has 0 radical (unpaired) electrons. The van der Waals surface area contributed by atoms with Gasteiger partial charge in [0.25, 0.3) is 0 Å². The Morgan fingerprint density at radius 3 is 1.89 bits per heavy atom. The zero-order valence-corrected chi connectivity index (χ0v) is 7.81. The maximum atomic E-state index is 9.60. The van der Waals surface area contributed by atoms with Gasteiger partial charge in [0.2, 0.25) is 0 Å². The van der Waals surface area contributed by atoms with E-state index >= 15 is 0 Å². The molecule has 0 saturated carbocycles. The Bertz CT molecular complexity index is 87.2. The smallest absolute Gasteiger partial charge is 0.330 e. The van der Waals surface area contributed by atoms with E-state index in [0.29, 0.717) is 0 Å². The van der Waals surface area contributed by atoms with Crippen LogP contribution in [0.25, 0.3) is 0 Å². The van der Waals surface area contributed by atoms with Gasteiger partial charge >= 0.3 is 5.97 Å². The molecule has 0 aliphatic rings. The zero-order chi connectivity index (χ0) is 7.86. The van der Waals surface area contributed by atoms with Gasteiger partial charge in [-0.15, -0.1) is 0 Å².